The molecule has 176 valence electrons. The van der Waals surface area contributed by atoms with Gasteiger partial charge in [-0.05, 0) is 42.5 Å². The maximum absolute atomic E-state index is 13.1. The van der Waals surface area contributed by atoms with E-state index in [1.165, 1.54) is 4.31 Å². The summed E-state index contributed by atoms with van der Waals surface area (Å²) < 4.78 is 27.6. The summed E-state index contributed by atoms with van der Waals surface area (Å²) in [6.45, 7) is 4.17. The molecule has 0 atom stereocenters. The Morgan fingerprint density at radius 3 is 2.12 bits per heavy atom. The third-order valence-electron chi connectivity index (χ3n) is 6.52. The molecule has 2 aromatic rings. The molecule has 0 saturated carbocycles. The number of carbonyl (C=O) groups is 2. The molecule has 2 heterocycles. The van der Waals surface area contributed by atoms with Gasteiger partial charge in [0.1, 0.15) is 0 Å². The highest BCUT2D eigenvalue weighted by Crippen LogP contribution is 2.25. The highest BCUT2D eigenvalue weighted by atomic mass is 32.2. The van der Waals surface area contributed by atoms with Gasteiger partial charge in [0.15, 0.2) is 0 Å². The minimum absolute atomic E-state index is 0.112. The van der Waals surface area contributed by atoms with E-state index in [0.717, 1.165) is 24.0 Å². The molecule has 2 aliphatic rings. The molecule has 0 radical (unpaired) electrons. The Morgan fingerprint density at radius 2 is 1.48 bits per heavy atom. The van der Waals surface area contributed by atoms with Gasteiger partial charge in [-0.1, -0.05) is 55.8 Å². The second-order valence-electron chi connectivity index (χ2n) is 8.74. The average Bonchev–Trinajstić information content (AvgIpc) is 2.83. The Balaban J connectivity index is 1.35. The fourth-order valence-corrected chi connectivity index (χ4v) is 6.12. The van der Waals surface area contributed by atoms with E-state index >= 15 is 0 Å². The molecule has 0 aromatic heterocycles. The summed E-state index contributed by atoms with van der Waals surface area (Å²) in [7, 11) is -3.56. The lowest BCUT2D eigenvalue weighted by Gasteiger charge is -2.41. The number of hydrogen-bond acceptors (Lipinski definition) is 4. The van der Waals surface area contributed by atoms with Gasteiger partial charge in [-0.3, -0.25) is 9.59 Å². The third kappa shape index (κ3) is 5.12. The predicted octanol–water partition coefficient (Wildman–Crippen LogP) is 2.66. The van der Waals surface area contributed by atoms with Crippen LogP contribution in [0.3, 0.4) is 0 Å². The zero-order valence-corrected chi connectivity index (χ0v) is 19.8. The van der Waals surface area contributed by atoms with Crippen molar-refractivity contribution >= 4 is 21.8 Å². The van der Waals surface area contributed by atoms with Gasteiger partial charge in [0.05, 0.1) is 4.90 Å². The summed E-state index contributed by atoms with van der Waals surface area (Å²) in [5, 5.41) is 0. The smallest absolute Gasteiger partial charge is 0.312 e. The first-order valence-corrected chi connectivity index (χ1v) is 13.1. The standard InChI is InChI=1S/C25H31N3O4S/c1-2-6-20-9-11-23(12-10-20)33(31,32)27-15-13-22(14-16-27)28-18-17-26(24(29)25(28)30)19-21-7-4-3-5-8-21/h3-5,7-12,22H,2,6,13-19H2,1H3. The number of carbonyl (C=O) groups excluding carboxylic acids is 2. The van der Waals surface area contributed by atoms with E-state index in [2.05, 4.69) is 6.92 Å². The van der Waals surface area contributed by atoms with E-state index in [4.69, 9.17) is 0 Å². The summed E-state index contributed by atoms with van der Waals surface area (Å²) in [5.74, 6) is -0.961. The minimum Gasteiger partial charge on any atom is -0.330 e. The van der Waals surface area contributed by atoms with Crippen molar-refractivity contribution in [2.75, 3.05) is 26.2 Å². The van der Waals surface area contributed by atoms with Gasteiger partial charge in [-0.15, -0.1) is 0 Å². The minimum atomic E-state index is -3.56. The number of hydrogen-bond donors (Lipinski definition) is 0. The molecule has 0 unspecified atom stereocenters. The second-order valence-corrected chi connectivity index (χ2v) is 10.7. The zero-order chi connectivity index (χ0) is 23.4. The van der Waals surface area contributed by atoms with Crippen molar-refractivity contribution in [2.45, 2.75) is 50.1 Å². The van der Waals surface area contributed by atoms with Gasteiger partial charge in [0.25, 0.3) is 0 Å². The number of piperidine rings is 1. The zero-order valence-electron chi connectivity index (χ0n) is 19.0. The summed E-state index contributed by atoms with van der Waals surface area (Å²) in [6, 6.07) is 16.6. The molecule has 8 heteroatoms. The second kappa shape index (κ2) is 10.1. The Bertz CT molecular complexity index is 1080. The van der Waals surface area contributed by atoms with E-state index in [1.807, 2.05) is 42.5 Å². The van der Waals surface area contributed by atoms with Crippen LogP contribution in [0, 0.1) is 0 Å². The Hall–Kier alpha value is -2.71. The van der Waals surface area contributed by atoms with Crippen LogP contribution in [-0.4, -0.2) is 66.6 Å². The van der Waals surface area contributed by atoms with E-state index in [-0.39, 0.29) is 6.04 Å². The van der Waals surface area contributed by atoms with Crippen molar-refractivity contribution in [3.05, 3.63) is 65.7 Å². The van der Waals surface area contributed by atoms with Crippen molar-refractivity contribution in [3.63, 3.8) is 0 Å². The third-order valence-corrected chi connectivity index (χ3v) is 8.44. The molecule has 0 aliphatic carbocycles. The normalized spacial score (nSPS) is 18.7. The molecule has 2 fully saturated rings. The number of nitrogens with zero attached hydrogens (tertiary/aromatic N) is 3. The fourth-order valence-electron chi connectivity index (χ4n) is 4.65. The van der Waals surface area contributed by atoms with Crippen LogP contribution in [0.1, 0.15) is 37.3 Å². The van der Waals surface area contributed by atoms with Crippen LogP contribution in [0.5, 0.6) is 0 Å². The molecule has 0 spiro atoms. The van der Waals surface area contributed by atoms with Crippen molar-refractivity contribution in [1.82, 2.24) is 14.1 Å². The Kier molecular flexibility index (Phi) is 7.14. The van der Waals surface area contributed by atoms with Crippen molar-refractivity contribution in [3.8, 4) is 0 Å². The van der Waals surface area contributed by atoms with E-state index in [0.29, 0.717) is 50.5 Å². The van der Waals surface area contributed by atoms with Gasteiger partial charge in [-0.2, -0.15) is 4.31 Å². The number of aryl methyl sites for hydroxylation is 1. The van der Waals surface area contributed by atoms with Crippen LogP contribution in [0.2, 0.25) is 0 Å². The summed E-state index contributed by atoms with van der Waals surface area (Å²) >= 11 is 0. The van der Waals surface area contributed by atoms with Crippen molar-refractivity contribution < 1.29 is 18.0 Å². The van der Waals surface area contributed by atoms with Crippen molar-refractivity contribution in [1.29, 1.82) is 0 Å². The lowest BCUT2D eigenvalue weighted by molar-refractivity contribution is -0.158. The molecular formula is C25H31N3O4S. The van der Waals surface area contributed by atoms with Gasteiger partial charge in [-0.25, -0.2) is 8.42 Å². The first kappa shape index (κ1) is 23.4. The Morgan fingerprint density at radius 1 is 0.818 bits per heavy atom. The number of piperazine rings is 1. The highest BCUT2D eigenvalue weighted by Gasteiger charge is 2.39. The summed E-state index contributed by atoms with van der Waals surface area (Å²) in [6.07, 6.45) is 3.01. The quantitative estimate of drug-likeness (QED) is 0.584. The molecule has 7 nitrogen and oxygen atoms in total. The maximum atomic E-state index is 13.1. The number of sulfonamides is 1. The molecule has 0 bridgehead atoms. The van der Waals surface area contributed by atoms with E-state index < -0.39 is 21.8 Å². The highest BCUT2D eigenvalue weighted by molar-refractivity contribution is 7.89. The van der Waals surface area contributed by atoms with Crippen LogP contribution in [0.15, 0.2) is 59.5 Å². The first-order valence-electron chi connectivity index (χ1n) is 11.6. The molecule has 2 aliphatic heterocycles. The summed E-state index contributed by atoms with van der Waals surface area (Å²) in [5.41, 5.74) is 2.12. The van der Waals surface area contributed by atoms with Crippen LogP contribution in [0.4, 0.5) is 0 Å². The first-order chi connectivity index (χ1) is 15.9. The molecular weight excluding hydrogens is 438 g/mol. The molecule has 0 N–H and O–H groups in total. The van der Waals surface area contributed by atoms with Crippen molar-refractivity contribution in [2.24, 2.45) is 0 Å². The largest absolute Gasteiger partial charge is 0.330 e. The van der Waals surface area contributed by atoms with Gasteiger partial charge in [0, 0.05) is 38.8 Å². The topological polar surface area (TPSA) is 78.0 Å². The van der Waals surface area contributed by atoms with E-state index in [9.17, 15) is 18.0 Å². The number of rotatable bonds is 7. The molecule has 33 heavy (non-hydrogen) atoms. The molecule has 2 aromatic carbocycles. The van der Waals surface area contributed by atoms with E-state index in [1.54, 1.807) is 21.9 Å². The molecule has 2 saturated heterocycles. The number of amides is 2. The van der Waals surface area contributed by atoms with Gasteiger partial charge >= 0.3 is 11.8 Å². The monoisotopic (exact) mass is 469 g/mol. The van der Waals surface area contributed by atoms with Gasteiger partial charge in [0.2, 0.25) is 10.0 Å². The molecule has 4 rings (SSSR count). The lowest BCUT2D eigenvalue weighted by Crippen LogP contribution is -2.58. The molecule has 2 amide bonds. The number of benzene rings is 2. The predicted molar refractivity (Wildman–Crippen MR) is 126 cm³/mol. The summed E-state index contributed by atoms with van der Waals surface area (Å²) in [4.78, 5) is 29.1. The van der Waals surface area contributed by atoms with Crippen LogP contribution >= 0.6 is 0 Å². The maximum Gasteiger partial charge on any atom is 0.312 e. The van der Waals surface area contributed by atoms with Crippen LogP contribution < -0.4 is 0 Å². The van der Waals surface area contributed by atoms with Gasteiger partial charge < -0.3 is 9.80 Å². The lowest BCUT2D eigenvalue weighted by atomic mass is 10.0. The fraction of sp³-hybridized carbons (Fsp3) is 0.440. The Labute approximate surface area is 196 Å². The average molecular weight is 470 g/mol. The van der Waals surface area contributed by atoms with Crippen LogP contribution in [-0.2, 0) is 32.6 Å². The SMILES string of the molecule is CCCc1ccc(S(=O)(=O)N2CCC(N3CCN(Cc4ccccc4)C(=O)C3=O)CC2)cc1. The van der Waals surface area contributed by atoms with Crippen LogP contribution in [0.25, 0.3) is 0 Å².